The highest BCUT2D eigenvalue weighted by Crippen LogP contribution is 2.21. The molecule has 7 heteroatoms. The number of primary sulfonamides is 1. The van der Waals surface area contributed by atoms with E-state index in [2.05, 4.69) is 11.4 Å². The van der Waals surface area contributed by atoms with Crippen molar-refractivity contribution in [1.29, 1.82) is 0 Å². The third-order valence-electron chi connectivity index (χ3n) is 2.75. The minimum Gasteiger partial charge on any atom is -0.268 e. The van der Waals surface area contributed by atoms with E-state index in [4.69, 9.17) is 5.14 Å². The van der Waals surface area contributed by atoms with Crippen molar-refractivity contribution >= 4 is 21.8 Å². The lowest BCUT2D eigenvalue weighted by Gasteiger charge is -2.06. The molecule has 1 aromatic rings. The molecule has 18 heavy (non-hydrogen) atoms. The van der Waals surface area contributed by atoms with E-state index in [0.29, 0.717) is 18.5 Å². The largest absolute Gasteiger partial charge is 0.268 e. The summed E-state index contributed by atoms with van der Waals surface area (Å²) < 4.78 is 25.1. The van der Waals surface area contributed by atoms with Gasteiger partial charge in [-0.2, -0.15) is 16.9 Å². The van der Waals surface area contributed by atoms with E-state index >= 15 is 0 Å². The number of aromatic nitrogens is 2. The summed E-state index contributed by atoms with van der Waals surface area (Å²) in [6, 6.07) is 0. The maximum Gasteiger partial charge on any atom is 0.241 e. The van der Waals surface area contributed by atoms with Gasteiger partial charge in [0, 0.05) is 6.54 Å². The van der Waals surface area contributed by atoms with Gasteiger partial charge in [0.15, 0.2) is 0 Å². The van der Waals surface area contributed by atoms with Crippen LogP contribution < -0.4 is 5.14 Å². The van der Waals surface area contributed by atoms with Crippen molar-refractivity contribution in [1.82, 2.24) is 9.78 Å². The van der Waals surface area contributed by atoms with Gasteiger partial charge in [-0.05, 0) is 31.3 Å². The van der Waals surface area contributed by atoms with E-state index in [-0.39, 0.29) is 4.90 Å². The van der Waals surface area contributed by atoms with Crippen LogP contribution in [0, 0.1) is 0 Å². The molecule has 0 unspecified atom stereocenters. The zero-order valence-corrected chi connectivity index (χ0v) is 12.8. The zero-order chi connectivity index (χ0) is 13.8. The summed E-state index contributed by atoms with van der Waals surface area (Å²) in [6.45, 7) is 4.56. The van der Waals surface area contributed by atoms with E-state index in [0.717, 1.165) is 24.4 Å². The van der Waals surface area contributed by atoms with E-state index in [9.17, 15) is 8.42 Å². The monoisotopic (exact) mass is 291 g/mol. The summed E-state index contributed by atoms with van der Waals surface area (Å²) in [5.74, 6) is 1.04. The molecule has 5 nitrogen and oxygen atoms in total. The topological polar surface area (TPSA) is 78.0 Å². The molecular weight excluding hydrogens is 270 g/mol. The maximum absolute atomic E-state index is 11.7. The van der Waals surface area contributed by atoms with Gasteiger partial charge in [0.05, 0.1) is 11.4 Å². The molecule has 0 aromatic carbocycles. The number of nitrogens with zero attached hydrogens (tertiary/aromatic N) is 2. The van der Waals surface area contributed by atoms with Crippen LogP contribution >= 0.6 is 11.8 Å². The summed E-state index contributed by atoms with van der Waals surface area (Å²) in [5.41, 5.74) is 1.31. The van der Waals surface area contributed by atoms with Crippen molar-refractivity contribution in [2.45, 2.75) is 44.6 Å². The van der Waals surface area contributed by atoms with E-state index in [1.54, 1.807) is 16.4 Å². The van der Waals surface area contributed by atoms with Crippen molar-refractivity contribution in [2.24, 2.45) is 5.14 Å². The van der Waals surface area contributed by atoms with Gasteiger partial charge in [-0.3, -0.25) is 4.68 Å². The van der Waals surface area contributed by atoms with Crippen LogP contribution in [0.1, 0.15) is 31.7 Å². The highest BCUT2D eigenvalue weighted by Gasteiger charge is 2.23. The van der Waals surface area contributed by atoms with E-state index < -0.39 is 10.0 Å². The van der Waals surface area contributed by atoms with Gasteiger partial charge in [-0.25, -0.2) is 13.6 Å². The molecule has 0 saturated carbocycles. The first-order valence-electron chi connectivity index (χ1n) is 6.05. The quantitative estimate of drug-likeness (QED) is 0.770. The molecule has 0 aliphatic heterocycles. The first-order valence-corrected chi connectivity index (χ1v) is 9.00. The van der Waals surface area contributed by atoms with Crippen LogP contribution in [0.5, 0.6) is 0 Å². The van der Waals surface area contributed by atoms with Crippen molar-refractivity contribution in [3.63, 3.8) is 0 Å². The molecule has 1 aromatic heterocycles. The van der Waals surface area contributed by atoms with Crippen molar-refractivity contribution in [3.05, 3.63) is 11.4 Å². The van der Waals surface area contributed by atoms with Crippen molar-refractivity contribution in [3.8, 4) is 0 Å². The van der Waals surface area contributed by atoms with Crippen LogP contribution in [0.2, 0.25) is 0 Å². The molecule has 0 aliphatic carbocycles. The molecule has 104 valence electrons. The minimum atomic E-state index is -3.69. The molecule has 0 radical (unpaired) electrons. The number of nitrogens with two attached hydrogens (primary N) is 1. The average Bonchev–Trinajstić information content (AvgIpc) is 2.67. The third kappa shape index (κ3) is 3.49. The second-order valence-corrected chi connectivity index (χ2v) is 6.53. The molecule has 0 spiro atoms. The van der Waals surface area contributed by atoms with Gasteiger partial charge in [0.1, 0.15) is 4.90 Å². The molecule has 0 amide bonds. The number of aryl methyl sites for hydroxylation is 2. The highest BCUT2D eigenvalue weighted by molar-refractivity contribution is 7.98. The SMILES string of the molecule is CCc1nn(CCCSC)c(CC)c1S(N)(=O)=O. The normalized spacial score (nSPS) is 12.0. The molecule has 0 saturated heterocycles. The highest BCUT2D eigenvalue weighted by atomic mass is 32.2. The lowest BCUT2D eigenvalue weighted by atomic mass is 10.2. The fourth-order valence-electron chi connectivity index (χ4n) is 1.98. The predicted octanol–water partition coefficient (Wildman–Crippen LogP) is 1.41. The Balaban J connectivity index is 3.17. The van der Waals surface area contributed by atoms with Crippen LogP contribution in [-0.2, 0) is 29.4 Å². The van der Waals surface area contributed by atoms with Gasteiger partial charge in [0.25, 0.3) is 0 Å². The van der Waals surface area contributed by atoms with Crippen molar-refractivity contribution in [2.75, 3.05) is 12.0 Å². The summed E-state index contributed by atoms with van der Waals surface area (Å²) in [4.78, 5) is 0.233. The standard InChI is InChI=1S/C11H21N3O2S2/c1-4-9-11(18(12,15)16)10(5-2)14(13-9)7-6-8-17-3/h4-8H2,1-3H3,(H2,12,15,16). The molecular formula is C11H21N3O2S2. The fourth-order valence-corrected chi connectivity index (χ4v) is 3.49. The predicted molar refractivity (Wildman–Crippen MR) is 75.4 cm³/mol. The number of thioether (sulfide) groups is 1. The molecule has 0 atom stereocenters. The van der Waals surface area contributed by atoms with Gasteiger partial charge < -0.3 is 0 Å². The first kappa shape index (κ1) is 15.5. The van der Waals surface area contributed by atoms with Crippen LogP contribution in [-0.4, -0.2) is 30.2 Å². The van der Waals surface area contributed by atoms with Gasteiger partial charge >= 0.3 is 0 Å². The average molecular weight is 291 g/mol. The van der Waals surface area contributed by atoms with Crippen molar-refractivity contribution < 1.29 is 8.42 Å². The lowest BCUT2D eigenvalue weighted by molar-refractivity contribution is 0.570. The Bertz CT molecular complexity index is 495. The van der Waals surface area contributed by atoms with Gasteiger partial charge in [-0.15, -0.1) is 0 Å². The van der Waals surface area contributed by atoms with E-state index in [1.165, 1.54) is 0 Å². The second-order valence-electron chi connectivity index (χ2n) is 4.04. The fraction of sp³-hybridized carbons (Fsp3) is 0.727. The zero-order valence-electron chi connectivity index (χ0n) is 11.1. The molecule has 0 fully saturated rings. The lowest BCUT2D eigenvalue weighted by Crippen LogP contribution is -2.16. The van der Waals surface area contributed by atoms with Crippen LogP contribution in [0.15, 0.2) is 4.90 Å². The van der Waals surface area contributed by atoms with Crippen LogP contribution in [0.25, 0.3) is 0 Å². The number of rotatable bonds is 7. The summed E-state index contributed by atoms with van der Waals surface area (Å²) in [7, 11) is -3.69. The smallest absolute Gasteiger partial charge is 0.241 e. The first-order chi connectivity index (χ1) is 8.45. The minimum absolute atomic E-state index is 0.233. The third-order valence-corrected chi connectivity index (χ3v) is 4.49. The Kier molecular flexibility index (Phi) is 5.68. The molecule has 2 N–H and O–H groups in total. The number of sulfonamides is 1. The Morgan fingerprint density at radius 2 is 2.00 bits per heavy atom. The van der Waals surface area contributed by atoms with Gasteiger partial charge in [0.2, 0.25) is 10.0 Å². The molecule has 1 heterocycles. The van der Waals surface area contributed by atoms with Crippen LogP contribution in [0.3, 0.4) is 0 Å². The molecule has 1 rings (SSSR count). The summed E-state index contributed by atoms with van der Waals surface area (Å²) in [6.07, 6.45) is 4.23. The Morgan fingerprint density at radius 3 is 2.44 bits per heavy atom. The number of hydrogen-bond donors (Lipinski definition) is 1. The van der Waals surface area contributed by atoms with Gasteiger partial charge in [-0.1, -0.05) is 13.8 Å². The Morgan fingerprint density at radius 1 is 1.33 bits per heavy atom. The Hall–Kier alpha value is -0.530. The maximum atomic E-state index is 11.7. The van der Waals surface area contributed by atoms with E-state index in [1.807, 2.05) is 13.8 Å². The summed E-state index contributed by atoms with van der Waals surface area (Å²) in [5, 5.41) is 9.68. The Labute approximate surface area is 113 Å². The van der Waals surface area contributed by atoms with Crippen LogP contribution in [0.4, 0.5) is 0 Å². The second kappa shape index (κ2) is 6.58. The molecule has 0 bridgehead atoms. The molecule has 0 aliphatic rings. The number of hydrogen-bond acceptors (Lipinski definition) is 4. The summed E-state index contributed by atoms with van der Waals surface area (Å²) >= 11 is 1.77.